The van der Waals surface area contributed by atoms with Crippen LogP contribution in [0.1, 0.15) is 105 Å². The minimum atomic E-state index is -1.08. The number of esters is 1. The third-order valence-electron chi connectivity index (χ3n) is 6.58. The van der Waals surface area contributed by atoms with Crippen molar-refractivity contribution in [1.29, 1.82) is 0 Å². The van der Waals surface area contributed by atoms with Crippen LogP contribution in [0, 0.1) is 0 Å². The standard InChI is InChI=1S/C32H40N2O5/c1-2-3-4-5-6-7-8-9-10-11-12-13-22-38-28-18-16-26(17-19-28)32(37)39-29-20-14-25(15-21-29)30-33-23-27(24-34-30)31(35)36/h14-21,23-24H,2-13,22H2,1H3,(H,35,36). The van der Waals surface area contributed by atoms with Crippen LogP contribution in [0.25, 0.3) is 11.4 Å². The quantitative estimate of drug-likeness (QED) is 0.100. The Hall–Kier alpha value is -3.74. The van der Waals surface area contributed by atoms with Gasteiger partial charge in [0, 0.05) is 18.0 Å². The van der Waals surface area contributed by atoms with Gasteiger partial charge in [0.2, 0.25) is 0 Å². The van der Waals surface area contributed by atoms with E-state index in [2.05, 4.69) is 16.9 Å². The highest BCUT2D eigenvalue weighted by Gasteiger charge is 2.10. The number of benzene rings is 2. The third-order valence-corrected chi connectivity index (χ3v) is 6.58. The third kappa shape index (κ3) is 10.9. The molecule has 3 rings (SSSR count). The second-order valence-corrected chi connectivity index (χ2v) is 9.78. The summed E-state index contributed by atoms with van der Waals surface area (Å²) in [7, 11) is 0. The van der Waals surface area contributed by atoms with Gasteiger partial charge in [-0.2, -0.15) is 0 Å². The molecule has 1 N–H and O–H groups in total. The number of carbonyl (C=O) groups excluding carboxylic acids is 1. The second-order valence-electron chi connectivity index (χ2n) is 9.78. The Bertz CT molecular complexity index is 1130. The Morgan fingerprint density at radius 1 is 0.667 bits per heavy atom. The molecule has 0 saturated carbocycles. The van der Waals surface area contributed by atoms with Crippen molar-refractivity contribution in [2.24, 2.45) is 0 Å². The molecule has 0 amide bonds. The van der Waals surface area contributed by atoms with Crippen LogP contribution in [-0.4, -0.2) is 33.6 Å². The predicted molar refractivity (Wildman–Crippen MR) is 152 cm³/mol. The van der Waals surface area contributed by atoms with Gasteiger partial charge in [0.05, 0.1) is 17.7 Å². The van der Waals surface area contributed by atoms with Gasteiger partial charge < -0.3 is 14.6 Å². The summed E-state index contributed by atoms with van der Waals surface area (Å²) in [6.45, 7) is 2.94. The molecule has 0 spiro atoms. The van der Waals surface area contributed by atoms with E-state index in [1.54, 1.807) is 48.5 Å². The zero-order valence-electron chi connectivity index (χ0n) is 22.9. The molecule has 7 nitrogen and oxygen atoms in total. The van der Waals surface area contributed by atoms with Crippen LogP contribution in [0.3, 0.4) is 0 Å². The fourth-order valence-electron chi connectivity index (χ4n) is 4.25. The highest BCUT2D eigenvalue weighted by molar-refractivity contribution is 5.91. The summed E-state index contributed by atoms with van der Waals surface area (Å²) in [4.78, 5) is 31.6. The zero-order valence-corrected chi connectivity index (χ0v) is 22.9. The lowest BCUT2D eigenvalue weighted by atomic mass is 10.1. The molecule has 0 aliphatic carbocycles. The molecule has 0 saturated heterocycles. The summed E-state index contributed by atoms with van der Waals surface area (Å²) >= 11 is 0. The molecular formula is C32H40N2O5. The van der Waals surface area contributed by atoms with Crippen molar-refractivity contribution >= 4 is 11.9 Å². The second kappa shape index (κ2) is 17.0. The van der Waals surface area contributed by atoms with Gasteiger partial charge in [-0.25, -0.2) is 19.6 Å². The number of hydrogen-bond acceptors (Lipinski definition) is 6. The Morgan fingerprint density at radius 2 is 1.18 bits per heavy atom. The minimum Gasteiger partial charge on any atom is -0.494 e. The summed E-state index contributed by atoms with van der Waals surface area (Å²) in [5, 5.41) is 8.96. The van der Waals surface area contributed by atoms with Gasteiger partial charge in [0.15, 0.2) is 5.82 Å². The van der Waals surface area contributed by atoms with Crippen LogP contribution in [0.5, 0.6) is 11.5 Å². The van der Waals surface area contributed by atoms with E-state index >= 15 is 0 Å². The van der Waals surface area contributed by atoms with Crippen LogP contribution >= 0.6 is 0 Å². The van der Waals surface area contributed by atoms with Gasteiger partial charge >= 0.3 is 11.9 Å². The maximum atomic E-state index is 12.5. The molecule has 0 radical (unpaired) electrons. The first-order chi connectivity index (χ1) is 19.1. The monoisotopic (exact) mass is 532 g/mol. The highest BCUT2D eigenvalue weighted by Crippen LogP contribution is 2.21. The highest BCUT2D eigenvalue weighted by atomic mass is 16.5. The molecule has 0 bridgehead atoms. The molecular weight excluding hydrogens is 492 g/mol. The van der Waals surface area contributed by atoms with Crippen LogP contribution in [0.15, 0.2) is 60.9 Å². The summed E-state index contributed by atoms with van der Waals surface area (Å²) in [5.41, 5.74) is 1.14. The number of carboxylic acid groups (broad SMARTS) is 1. The lowest BCUT2D eigenvalue weighted by Crippen LogP contribution is -2.08. The van der Waals surface area contributed by atoms with E-state index < -0.39 is 11.9 Å². The molecule has 0 atom stereocenters. The number of aromatic carboxylic acids is 1. The normalized spacial score (nSPS) is 10.8. The number of carboxylic acids is 1. The Kier molecular flexibility index (Phi) is 13.0. The first kappa shape index (κ1) is 29.8. The number of unbranched alkanes of at least 4 members (excludes halogenated alkanes) is 11. The molecule has 0 unspecified atom stereocenters. The van der Waals surface area contributed by atoms with Crippen molar-refractivity contribution in [3.05, 3.63) is 72.1 Å². The number of hydrogen-bond donors (Lipinski definition) is 1. The minimum absolute atomic E-state index is 0.0186. The topological polar surface area (TPSA) is 98.6 Å². The molecule has 7 heteroatoms. The lowest BCUT2D eigenvalue weighted by molar-refractivity contribution is 0.0693. The average molecular weight is 533 g/mol. The number of nitrogens with zero attached hydrogens (tertiary/aromatic N) is 2. The largest absolute Gasteiger partial charge is 0.494 e. The Labute approximate surface area is 231 Å². The zero-order chi connectivity index (χ0) is 27.7. The van der Waals surface area contributed by atoms with Crippen molar-refractivity contribution in [3.63, 3.8) is 0 Å². The summed E-state index contributed by atoms with van der Waals surface area (Å²) in [6, 6.07) is 13.7. The van der Waals surface area contributed by atoms with E-state index in [1.165, 1.54) is 83.0 Å². The Morgan fingerprint density at radius 3 is 1.72 bits per heavy atom. The molecule has 0 fully saturated rings. The van der Waals surface area contributed by atoms with Crippen LogP contribution < -0.4 is 9.47 Å². The molecule has 3 aromatic rings. The summed E-state index contributed by atoms with van der Waals surface area (Å²) in [6.07, 6.45) is 18.2. The number of aromatic nitrogens is 2. The van der Waals surface area contributed by atoms with Crippen molar-refractivity contribution < 1.29 is 24.2 Å². The molecule has 2 aromatic carbocycles. The molecule has 39 heavy (non-hydrogen) atoms. The van der Waals surface area contributed by atoms with Crippen molar-refractivity contribution in [1.82, 2.24) is 9.97 Å². The molecule has 1 aromatic heterocycles. The van der Waals surface area contributed by atoms with Gasteiger partial charge in [0.25, 0.3) is 0 Å². The number of carbonyl (C=O) groups is 2. The maximum Gasteiger partial charge on any atom is 0.343 e. The smallest absolute Gasteiger partial charge is 0.343 e. The van der Waals surface area contributed by atoms with Crippen LogP contribution in [0.4, 0.5) is 0 Å². The predicted octanol–water partition coefficient (Wildman–Crippen LogP) is 8.14. The van der Waals surface area contributed by atoms with E-state index in [-0.39, 0.29) is 5.56 Å². The maximum absolute atomic E-state index is 12.5. The molecule has 208 valence electrons. The van der Waals surface area contributed by atoms with Crippen molar-refractivity contribution in [3.8, 4) is 22.9 Å². The SMILES string of the molecule is CCCCCCCCCCCCCCOc1ccc(C(=O)Oc2ccc(-c3ncc(C(=O)O)cn3)cc2)cc1. The van der Waals surface area contributed by atoms with Crippen LogP contribution in [0.2, 0.25) is 0 Å². The Balaban J connectivity index is 1.30. The fraction of sp³-hybridized carbons (Fsp3) is 0.438. The van der Waals surface area contributed by atoms with Gasteiger partial charge in [-0.1, -0.05) is 77.6 Å². The first-order valence-electron chi connectivity index (χ1n) is 14.2. The van der Waals surface area contributed by atoms with Gasteiger partial charge in [-0.15, -0.1) is 0 Å². The lowest BCUT2D eigenvalue weighted by Gasteiger charge is -2.08. The van der Waals surface area contributed by atoms with Gasteiger partial charge in [-0.05, 0) is 55.0 Å². The number of ether oxygens (including phenoxy) is 2. The van der Waals surface area contributed by atoms with E-state index in [9.17, 15) is 9.59 Å². The summed E-state index contributed by atoms with van der Waals surface area (Å²) in [5.74, 6) is -0.0247. The van der Waals surface area contributed by atoms with E-state index in [0.717, 1.165) is 12.2 Å². The molecule has 0 aliphatic rings. The number of rotatable bonds is 18. The average Bonchev–Trinajstić information content (AvgIpc) is 2.96. The van der Waals surface area contributed by atoms with Crippen molar-refractivity contribution in [2.75, 3.05) is 6.61 Å². The van der Waals surface area contributed by atoms with E-state index in [1.807, 2.05) is 0 Å². The van der Waals surface area contributed by atoms with E-state index in [0.29, 0.717) is 29.3 Å². The molecule has 1 heterocycles. The first-order valence-corrected chi connectivity index (χ1v) is 14.2. The molecule has 0 aliphatic heterocycles. The van der Waals surface area contributed by atoms with Crippen molar-refractivity contribution in [2.45, 2.75) is 84.0 Å². The van der Waals surface area contributed by atoms with Gasteiger partial charge in [-0.3, -0.25) is 0 Å². The summed E-state index contributed by atoms with van der Waals surface area (Å²) < 4.78 is 11.3. The fourth-order valence-corrected chi connectivity index (χ4v) is 4.25. The van der Waals surface area contributed by atoms with Gasteiger partial charge in [0.1, 0.15) is 11.5 Å². The van der Waals surface area contributed by atoms with E-state index in [4.69, 9.17) is 14.6 Å². The van der Waals surface area contributed by atoms with Crippen LogP contribution in [-0.2, 0) is 0 Å².